The van der Waals surface area contributed by atoms with Crippen LogP contribution >= 0.6 is 0 Å². The fraction of sp³-hybridized carbons (Fsp3) is 0.579. The first kappa shape index (κ1) is 20.2. The number of nitrogens with one attached hydrogen (secondary N) is 2. The van der Waals surface area contributed by atoms with E-state index < -0.39 is 12.0 Å². The van der Waals surface area contributed by atoms with E-state index in [2.05, 4.69) is 55.7 Å². The Morgan fingerprint density at radius 1 is 1.17 bits per heavy atom. The van der Waals surface area contributed by atoms with E-state index in [-0.39, 0.29) is 17.9 Å². The fourth-order valence-electron chi connectivity index (χ4n) is 2.40. The first-order valence-corrected chi connectivity index (χ1v) is 8.56. The number of rotatable bonds is 9. The third-order valence-corrected chi connectivity index (χ3v) is 3.94. The van der Waals surface area contributed by atoms with E-state index in [0.717, 1.165) is 12.8 Å². The van der Waals surface area contributed by atoms with Crippen LogP contribution in [0.5, 0.6) is 0 Å². The van der Waals surface area contributed by atoms with E-state index in [1.54, 1.807) is 0 Å². The Labute approximate surface area is 144 Å². The number of hydrogen-bond donors (Lipinski definition) is 3. The zero-order valence-electron chi connectivity index (χ0n) is 15.2. The van der Waals surface area contributed by atoms with Crippen molar-refractivity contribution in [3.8, 4) is 0 Å². The van der Waals surface area contributed by atoms with Gasteiger partial charge >= 0.3 is 5.97 Å². The van der Waals surface area contributed by atoms with Crippen molar-refractivity contribution in [3.05, 3.63) is 35.4 Å². The number of carboxylic acids is 1. The molecule has 1 unspecified atom stereocenters. The van der Waals surface area contributed by atoms with Crippen molar-refractivity contribution in [1.82, 2.24) is 10.6 Å². The lowest BCUT2D eigenvalue weighted by Crippen LogP contribution is -2.43. The Bertz CT molecular complexity index is 533. The van der Waals surface area contributed by atoms with Crippen LogP contribution in [-0.4, -0.2) is 36.1 Å². The van der Waals surface area contributed by atoms with Crippen molar-refractivity contribution in [2.45, 2.75) is 58.4 Å². The summed E-state index contributed by atoms with van der Waals surface area (Å²) in [6, 6.07) is 7.77. The van der Waals surface area contributed by atoms with Crippen molar-refractivity contribution in [2.75, 3.05) is 13.1 Å². The second-order valence-electron chi connectivity index (χ2n) is 7.11. The largest absolute Gasteiger partial charge is 0.480 e. The number of carboxylic acid groups (broad SMARTS) is 1. The number of carbonyl (C=O) groups excluding carboxylic acids is 1. The van der Waals surface area contributed by atoms with Gasteiger partial charge in [0.15, 0.2) is 0 Å². The first-order chi connectivity index (χ1) is 11.2. The van der Waals surface area contributed by atoms with Crippen LogP contribution in [0.1, 0.15) is 51.7 Å². The highest BCUT2D eigenvalue weighted by molar-refractivity contribution is 5.79. The van der Waals surface area contributed by atoms with E-state index in [0.29, 0.717) is 13.0 Å². The maximum Gasteiger partial charge on any atom is 0.320 e. The molecule has 0 saturated carbocycles. The van der Waals surface area contributed by atoms with Crippen LogP contribution in [-0.2, 0) is 21.4 Å². The van der Waals surface area contributed by atoms with E-state index in [1.807, 2.05) is 6.92 Å². The number of amides is 1. The van der Waals surface area contributed by atoms with Gasteiger partial charge in [0.25, 0.3) is 0 Å². The standard InChI is InChI=1S/C19H30N2O3/c1-5-6-16(18(23)24)21-13-17(22)20-12-11-14-7-9-15(10-8-14)19(2,3)4/h7-10,16,21H,5-6,11-13H2,1-4H3,(H,20,22)(H,23,24). The maximum absolute atomic E-state index is 11.8. The number of carbonyl (C=O) groups is 2. The van der Waals surface area contributed by atoms with Crippen LogP contribution in [0.25, 0.3) is 0 Å². The average molecular weight is 334 g/mol. The summed E-state index contributed by atoms with van der Waals surface area (Å²) in [4.78, 5) is 22.8. The normalized spacial score (nSPS) is 12.7. The molecule has 5 nitrogen and oxygen atoms in total. The summed E-state index contributed by atoms with van der Waals surface area (Å²) in [5.41, 5.74) is 2.60. The topological polar surface area (TPSA) is 78.4 Å². The van der Waals surface area contributed by atoms with Gasteiger partial charge in [-0.1, -0.05) is 58.4 Å². The van der Waals surface area contributed by atoms with Crippen molar-refractivity contribution < 1.29 is 14.7 Å². The van der Waals surface area contributed by atoms with E-state index in [9.17, 15) is 9.59 Å². The number of benzene rings is 1. The Hall–Kier alpha value is -1.88. The van der Waals surface area contributed by atoms with Gasteiger partial charge in [-0.2, -0.15) is 0 Å². The quantitative estimate of drug-likeness (QED) is 0.648. The number of aliphatic carboxylic acids is 1. The Balaban J connectivity index is 2.34. The fourth-order valence-corrected chi connectivity index (χ4v) is 2.40. The Kier molecular flexibility index (Phi) is 7.92. The molecular formula is C19H30N2O3. The summed E-state index contributed by atoms with van der Waals surface area (Å²) in [5.74, 6) is -1.09. The third kappa shape index (κ3) is 7.13. The molecule has 0 fully saturated rings. The molecule has 5 heteroatoms. The van der Waals surface area contributed by atoms with Crippen LogP contribution in [0, 0.1) is 0 Å². The molecule has 24 heavy (non-hydrogen) atoms. The highest BCUT2D eigenvalue weighted by Gasteiger charge is 2.16. The molecule has 1 amide bonds. The second kappa shape index (κ2) is 9.42. The third-order valence-electron chi connectivity index (χ3n) is 3.94. The van der Waals surface area contributed by atoms with Gasteiger partial charge < -0.3 is 10.4 Å². The van der Waals surface area contributed by atoms with E-state index in [4.69, 9.17) is 5.11 Å². The summed E-state index contributed by atoms with van der Waals surface area (Å²) >= 11 is 0. The summed E-state index contributed by atoms with van der Waals surface area (Å²) in [6.45, 7) is 9.03. The molecule has 0 aliphatic carbocycles. The highest BCUT2D eigenvalue weighted by Crippen LogP contribution is 2.22. The van der Waals surface area contributed by atoms with Gasteiger partial charge in [-0.25, -0.2) is 0 Å². The van der Waals surface area contributed by atoms with E-state index in [1.165, 1.54) is 11.1 Å². The molecular weight excluding hydrogens is 304 g/mol. The second-order valence-corrected chi connectivity index (χ2v) is 7.11. The summed E-state index contributed by atoms with van der Waals surface area (Å²) < 4.78 is 0. The van der Waals surface area contributed by atoms with Gasteiger partial charge in [0, 0.05) is 6.54 Å². The molecule has 0 aliphatic heterocycles. The molecule has 1 atom stereocenters. The average Bonchev–Trinajstić information content (AvgIpc) is 2.50. The minimum absolute atomic E-state index is 0.0277. The highest BCUT2D eigenvalue weighted by atomic mass is 16.4. The monoisotopic (exact) mass is 334 g/mol. The molecule has 0 spiro atoms. The minimum atomic E-state index is -0.913. The lowest BCUT2D eigenvalue weighted by molar-refractivity contribution is -0.139. The molecule has 0 bridgehead atoms. The Morgan fingerprint density at radius 3 is 2.29 bits per heavy atom. The van der Waals surface area contributed by atoms with Crippen LogP contribution < -0.4 is 10.6 Å². The van der Waals surface area contributed by atoms with Crippen LogP contribution in [0.15, 0.2) is 24.3 Å². The van der Waals surface area contributed by atoms with Gasteiger partial charge in [-0.3, -0.25) is 14.9 Å². The van der Waals surface area contributed by atoms with Crippen molar-refractivity contribution in [2.24, 2.45) is 0 Å². The lowest BCUT2D eigenvalue weighted by Gasteiger charge is -2.19. The smallest absolute Gasteiger partial charge is 0.320 e. The van der Waals surface area contributed by atoms with Gasteiger partial charge in [0.05, 0.1) is 6.54 Å². The predicted octanol–water partition coefficient (Wildman–Crippen LogP) is 2.49. The molecule has 0 aliphatic rings. The van der Waals surface area contributed by atoms with Crippen LogP contribution in [0.2, 0.25) is 0 Å². The van der Waals surface area contributed by atoms with Gasteiger partial charge in [0.2, 0.25) is 5.91 Å². The molecule has 1 aromatic carbocycles. The molecule has 0 aromatic heterocycles. The summed E-state index contributed by atoms with van der Waals surface area (Å²) in [6.07, 6.45) is 2.03. The molecule has 134 valence electrons. The van der Waals surface area contributed by atoms with Crippen molar-refractivity contribution in [3.63, 3.8) is 0 Å². The molecule has 0 heterocycles. The minimum Gasteiger partial charge on any atom is -0.480 e. The van der Waals surface area contributed by atoms with Crippen LogP contribution in [0.3, 0.4) is 0 Å². The van der Waals surface area contributed by atoms with Crippen molar-refractivity contribution >= 4 is 11.9 Å². The zero-order valence-corrected chi connectivity index (χ0v) is 15.2. The molecule has 0 radical (unpaired) electrons. The molecule has 1 aromatic rings. The summed E-state index contributed by atoms with van der Waals surface area (Å²) in [5, 5.41) is 14.6. The van der Waals surface area contributed by atoms with Gasteiger partial charge in [-0.05, 0) is 29.4 Å². The zero-order chi connectivity index (χ0) is 18.2. The lowest BCUT2D eigenvalue weighted by atomic mass is 9.86. The first-order valence-electron chi connectivity index (χ1n) is 8.56. The molecule has 3 N–H and O–H groups in total. The SMILES string of the molecule is CCCC(NCC(=O)NCCc1ccc(C(C)(C)C)cc1)C(=O)O. The van der Waals surface area contributed by atoms with Crippen molar-refractivity contribution in [1.29, 1.82) is 0 Å². The van der Waals surface area contributed by atoms with Crippen LogP contribution in [0.4, 0.5) is 0 Å². The summed E-state index contributed by atoms with van der Waals surface area (Å²) in [7, 11) is 0. The molecule has 0 saturated heterocycles. The van der Waals surface area contributed by atoms with E-state index >= 15 is 0 Å². The van der Waals surface area contributed by atoms with Gasteiger partial charge in [-0.15, -0.1) is 0 Å². The number of hydrogen-bond acceptors (Lipinski definition) is 3. The predicted molar refractivity (Wildman–Crippen MR) is 96.2 cm³/mol. The van der Waals surface area contributed by atoms with Gasteiger partial charge in [0.1, 0.15) is 6.04 Å². The molecule has 1 rings (SSSR count). The maximum atomic E-state index is 11.8. The Morgan fingerprint density at radius 2 is 1.79 bits per heavy atom.